The van der Waals surface area contributed by atoms with Gasteiger partial charge in [0.2, 0.25) is 11.7 Å². The summed E-state index contributed by atoms with van der Waals surface area (Å²) >= 11 is 0. The molecule has 8 nitrogen and oxygen atoms in total. The van der Waals surface area contributed by atoms with E-state index in [1.54, 1.807) is 19.3 Å². The molecule has 2 heterocycles. The van der Waals surface area contributed by atoms with Gasteiger partial charge in [0.1, 0.15) is 19.0 Å². The minimum absolute atomic E-state index is 0.240. The van der Waals surface area contributed by atoms with Crippen molar-refractivity contribution in [2.24, 2.45) is 0 Å². The Balaban J connectivity index is 1.24. The Morgan fingerprint density at radius 3 is 2.77 bits per heavy atom. The van der Waals surface area contributed by atoms with E-state index in [0.29, 0.717) is 47.9 Å². The first-order chi connectivity index (χ1) is 15.2. The number of anilines is 1. The molecule has 1 fully saturated rings. The van der Waals surface area contributed by atoms with Gasteiger partial charge in [-0.15, -0.1) is 0 Å². The first-order valence-electron chi connectivity index (χ1n) is 10.2. The average Bonchev–Trinajstić information content (AvgIpc) is 3.54. The smallest absolute Gasteiger partial charge is 0.248 e. The third-order valence-electron chi connectivity index (χ3n) is 5.15. The fourth-order valence-corrected chi connectivity index (χ4v) is 3.39. The lowest BCUT2D eigenvalue weighted by atomic mass is 10.1. The van der Waals surface area contributed by atoms with Crippen LogP contribution in [0.4, 0.5) is 5.69 Å². The van der Waals surface area contributed by atoms with Crippen molar-refractivity contribution in [2.75, 3.05) is 25.6 Å². The summed E-state index contributed by atoms with van der Waals surface area (Å²) < 4.78 is 16.6. The highest BCUT2D eigenvalue weighted by molar-refractivity contribution is 6.02. The highest BCUT2D eigenvalue weighted by atomic mass is 16.6. The molecule has 0 spiro atoms. The summed E-state index contributed by atoms with van der Waals surface area (Å²) in [6, 6.07) is 11.1. The largest absolute Gasteiger partial charge is 0.493 e. The molecule has 1 saturated carbocycles. The van der Waals surface area contributed by atoms with Crippen molar-refractivity contribution in [1.82, 2.24) is 15.2 Å². The number of rotatable bonds is 6. The third-order valence-corrected chi connectivity index (χ3v) is 5.15. The molecular weight excluding hydrogens is 396 g/mol. The molecular formula is C23H22N4O4. The number of benzene rings is 2. The molecule has 0 saturated heterocycles. The number of amides is 1. The van der Waals surface area contributed by atoms with Gasteiger partial charge in [0.25, 0.3) is 0 Å². The zero-order chi connectivity index (χ0) is 21.2. The molecule has 1 amide bonds. The molecule has 0 bridgehead atoms. The van der Waals surface area contributed by atoms with Gasteiger partial charge in [-0.2, -0.15) is 5.10 Å². The van der Waals surface area contributed by atoms with Gasteiger partial charge in [0.05, 0.1) is 7.11 Å². The number of hydrogen-bond donors (Lipinski definition) is 2. The highest BCUT2D eigenvalue weighted by Crippen LogP contribution is 2.40. The van der Waals surface area contributed by atoms with E-state index in [2.05, 4.69) is 20.5 Å². The fourth-order valence-electron chi connectivity index (χ4n) is 3.39. The number of nitrogens with zero attached hydrogens (tertiary/aromatic N) is 2. The molecule has 1 aliphatic carbocycles. The average molecular weight is 418 g/mol. The Labute approximate surface area is 179 Å². The minimum Gasteiger partial charge on any atom is -0.493 e. The van der Waals surface area contributed by atoms with Crippen LogP contribution in [0.1, 0.15) is 30.1 Å². The zero-order valence-corrected chi connectivity index (χ0v) is 17.1. The zero-order valence-electron chi connectivity index (χ0n) is 17.1. The number of ether oxygens (including phenoxy) is 3. The summed E-state index contributed by atoms with van der Waals surface area (Å²) in [7, 11) is 1.57. The summed E-state index contributed by atoms with van der Waals surface area (Å²) in [5.74, 6) is 3.69. The van der Waals surface area contributed by atoms with Gasteiger partial charge in [0.15, 0.2) is 17.3 Å². The molecule has 0 atom stereocenters. The normalized spacial score (nSPS) is 15.1. The van der Waals surface area contributed by atoms with Gasteiger partial charge in [-0.3, -0.25) is 9.89 Å². The second-order valence-corrected chi connectivity index (χ2v) is 7.47. The van der Waals surface area contributed by atoms with Gasteiger partial charge in [-0.25, -0.2) is 4.98 Å². The number of carbonyl (C=O) groups is 1. The summed E-state index contributed by atoms with van der Waals surface area (Å²) in [6.07, 6.45) is 5.52. The highest BCUT2D eigenvalue weighted by Gasteiger charge is 2.27. The van der Waals surface area contributed by atoms with Crippen LogP contribution < -0.4 is 19.5 Å². The molecule has 3 aromatic rings. The van der Waals surface area contributed by atoms with Gasteiger partial charge < -0.3 is 19.5 Å². The van der Waals surface area contributed by atoms with Crippen LogP contribution in [0.2, 0.25) is 0 Å². The molecule has 5 rings (SSSR count). The first kappa shape index (κ1) is 19.2. The minimum atomic E-state index is -0.240. The van der Waals surface area contributed by atoms with Crippen LogP contribution >= 0.6 is 0 Å². The second kappa shape index (κ2) is 8.14. The maximum Gasteiger partial charge on any atom is 0.248 e. The lowest BCUT2D eigenvalue weighted by Gasteiger charge is -2.20. The molecule has 0 unspecified atom stereocenters. The van der Waals surface area contributed by atoms with Crippen LogP contribution in [0, 0.1) is 0 Å². The van der Waals surface area contributed by atoms with E-state index in [-0.39, 0.29) is 5.91 Å². The number of hydrogen-bond acceptors (Lipinski definition) is 6. The Kier molecular flexibility index (Phi) is 5.03. The summed E-state index contributed by atoms with van der Waals surface area (Å²) in [5.41, 5.74) is 2.37. The second-order valence-electron chi connectivity index (χ2n) is 7.47. The molecule has 31 heavy (non-hydrogen) atoms. The van der Waals surface area contributed by atoms with Crippen molar-refractivity contribution < 1.29 is 19.0 Å². The Hall–Kier alpha value is -3.81. The van der Waals surface area contributed by atoms with Gasteiger partial charge >= 0.3 is 0 Å². The van der Waals surface area contributed by atoms with Crippen molar-refractivity contribution in [3.63, 3.8) is 0 Å². The lowest BCUT2D eigenvalue weighted by molar-refractivity contribution is -0.111. The monoisotopic (exact) mass is 418 g/mol. The molecule has 1 aliphatic heterocycles. The number of aromatic amines is 1. The van der Waals surface area contributed by atoms with E-state index in [1.165, 1.54) is 18.9 Å². The topological polar surface area (TPSA) is 98.4 Å². The molecule has 8 heteroatoms. The van der Waals surface area contributed by atoms with Gasteiger partial charge in [-0.05, 0) is 60.9 Å². The summed E-state index contributed by atoms with van der Waals surface area (Å²) in [4.78, 5) is 16.9. The predicted molar refractivity (Wildman–Crippen MR) is 115 cm³/mol. The number of nitrogens with one attached hydrogen (secondary N) is 2. The molecule has 0 radical (unpaired) electrons. The SMILES string of the molecule is COc1cc(/C=C/C(=O)Nc2ccc(-c3n[nH]c(C4CC4)n3)cc2)cc2c1OCCO2. The Bertz CT molecular complexity index is 1120. The van der Waals surface area contributed by atoms with Crippen LogP contribution in [0.3, 0.4) is 0 Å². The van der Waals surface area contributed by atoms with Gasteiger partial charge in [0, 0.05) is 23.2 Å². The maximum atomic E-state index is 12.4. The first-order valence-corrected chi connectivity index (χ1v) is 10.2. The van der Waals surface area contributed by atoms with Crippen molar-refractivity contribution in [3.8, 4) is 28.6 Å². The third kappa shape index (κ3) is 4.23. The number of methoxy groups -OCH3 is 1. The van der Waals surface area contributed by atoms with E-state index in [0.717, 1.165) is 17.0 Å². The standard InChI is InChI=1S/C23H22N4O4/c1-29-18-12-14(13-19-21(18)31-11-10-30-19)2-9-20(28)24-17-7-5-16(6-8-17)23-25-22(26-27-23)15-3-4-15/h2,5-9,12-13,15H,3-4,10-11H2,1H3,(H,24,28)(H,25,26,27)/b9-2+. The predicted octanol–water partition coefficient (Wildman–Crippen LogP) is 3.78. The van der Waals surface area contributed by atoms with E-state index in [4.69, 9.17) is 14.2 Å². The van der Waals surface area contributed by atoms with Crippen LogP contribution in [-0.2, 0) is 4.79 Å². The fraction of sp³-hybridized carbons (Fsp3) is 0.261. The van der Waals surface area contributed by atoms with Crippen molar-refractivity contribution in [2.45, 2.75) is 18.8 Å². The van der Waals surface area contributed by atoms with E-state index in [9.17, 15) is 4.79 Å². The van der Waals surface area contributed by atoms with E-state index >= 15 is 0 Å². The number of aromatic nitrogens is 3. The Morgan fingerprint density at radius 2 is 2.00 bits per heavy atom. The molecule has 158 valence electrons. The molecule has 1 aromatic heterocycles. The summed E-state index contributed by atoms with van der Waals surface area (Å²) in [5, 5.41) is 10.1. The van der Waals surface area contributed by atoms with Crippen LogP contribution in [0.25, 0.3) is 17.5 Å². The van der Waals surface area contributed by atoms with Crippen LogP contribution in [-0.4, -0.2) is 41.4 Å². The number of fused-ring (bicyclic) bond motifs is 1. The molecule has 2 N–H and O–H groups in total. The van der Waals surface area contributed by atoms with Crippen molar-refractivity contribution in [3.05, 3.63) is 53.9 Å². The van der Waals surface area contributed by atoms with Crippen LogP contribution in [0.5, 0.6) is 17.2 Å². The number of carbonyl (C=O) groups excluding carboxylic acids is 1. The quantitative estimate of drug-likeness (QED) is 0.591. The van der Waals surface area contributed by atoms with Gasteiger partial charge in [-0.1, -0.05) is 0 Å². The van der Waals surface area contributed by atoms with E-state index < -0.39 is 0 Å². The Morgan fingerprint density at radius 1 is 1.19 bits per heavy atom. The van der Waals surface area contributed by atoms with Crippen molar-refractivity contribution in [1.29, 1.82) is 0 Å². The maximum absolute atomic E-state index is 12.4. The number of H-pyrrole nitrogens is 1. The molecule has 2 aliphatic rings. The van der Waals surface area contributed by atoms with E-state index in [1.807, 2.05) is 30.3 Å². The summed E-state index contributed by atoms with van der Waals surface area (Å²) in [6.45, 7) is 0.965. The van der Waals surface area contributed by atoms with Crippen molar-refractivity contribution >= 4 is 17.7 Å². The molecule has 2 aromatic carbocycles. The van der Waals surface area contributed by atoms with Crippen LogP contribution in [0.15, 0.2) is 42.5 Å². The lowest BCUT2D eigenvalue weighted by Crippen LogP contribution is -2.16.